The van der Waals surface area contributed by atoms with Gasteiger partial charge >= 0.3 is 0 Å². The van der Waals surface area contributed by atoms with Crippen molar-refractivity contribution in [3.63, 3.8) is 0 Å². The van der Waals surface area contributed by atoms with Crippen molar-refractivity contribution in [1.82, 2.24) is 5.32 Å². The number of carbonyl (C=O) groups is 1. The molecule has 0 aliphatic carbocycles. The fourth-order valence-electron chi connectivity index (χ4n) is 4.53. The highest BCUT2D eigenvalue weighted by Crippen LogP contribution is 2.59. The van der Waals surface area contributed by atoms with E-state index in [0.29, 0.717) is 0 Å². The van der Waals surface area contributed by atoms with Crippen LogP contribution in [0.5, 0.6) is 0 Å². The molecule has 3 aliphatic heterocycles. The van der Waals surface area contributed by atoms with Crippen LogP contribution in [0.15, 0.2) is 24.3 Å². The van der Waals surface area contributed by atoms with Crippen molar-refractivity contribution < 1.29 is 14.6 Å². The standard InChI is InChI=1S/C16H19NO3/c1-9-12-6-7-16(20-12)13(9)15(19)17-14(16)11-5-3-2-4-10(11)8-18/h2-5,9,12-14,18H,6-8H2,1H3,(H,17,19)/t9-,12+,13-,14+,16-/m1/s1. The summed E-state index contributed by atoms with van der Waals surface area (Å²) in [5.74, 6) is 0.352. The number of aliphatic hydroxyl groups is 1. The van der Waals surface area contributed by atoms with Gasteiger partial charge in [0.25, 0.3) is 0 Å². The molecule has 0 saturated carbocycles. The van der Waals surface area contributed by atoms with E-state index in [1.807, 2.05) is 24.3 Å². The summed E-state index contributed by atoms with van der Waals surface area (Å²) >= 11 is 0. The molecule has 1 aromatic carbocycles. The third kappa shape index (κ3) is 1.36. The van der Waals surface area contributed by atoms with Crippen LogP contribution in [-0.2, 0) is 16.1 Å². The fourth-order valence-corrected chi connectivity index (χ4v) is 4.53. The van der Waals surface area contributed by atoms with Crippen LogP contribution in [0.25, 0.3) is 0 Å². The summed E-state index contributed by atoms with van der Waals surface area (Å²) in [6, 6.07) is 7.65. The zero-order chi connectivity index (χ0) is 13.9. The molecule has 0 aromatic heterocycles. The Labute approximate surface area is 118 Å². The second-order valence-corrected chi connectivity index (χ2v) is 6.29. The number of carbonyl (C=O) groups excluding carboxylic acids is 1. The van der Waals surface area contributed by atoms with Crippen LogP contribution < -0.4 is 5.32 Å². The summed E-state index contributed by atoms with van der Waals surface area (Å²) in [6.45, 7) is 2.11. The first-order valence-electron chi connectivity index (χ1n) is 7.34. The van der Waals surface area contributed by atoms with Gasteiger partial charge in [-0.1, -0.05) is 31.2 Å². The van der Waals surface area contributed by atoms with Gasteiger partial charge in [-0.15, -0.1) is 0 Å². The summed E-state index contributed by atoms with van der Waals surface area (Å²) in [5, 5.41) is 12.7. The highest BCUT2D eigenvalue weighted by Gasteiger charge is 2.68. The quantitative estimate of drug-likeness (QED) is 0.859. The Balaban J connectivity index is 1.82. The Kier molecular flexibility index (Phi) is 2.51. The number of benzene rings is 1. The van der Waals surface area contributed by atoms with Gasteiger partial charge in [0, 0.05) is 0 Å². The highest BCUT2D eigenvalue weighted by atomic mass is 16.5. The maximum absolute atomic E-state index is 12.4. The molecule has 2 N–H and O–H groups in total. The molecule has 1 aromatic rings. The number of rotatable bonds is 2. The molecular weight excluding hydrogens is 254 g/mol. The Bertz CT molecular complexity index is 573. The SMILES string of the molecule is C[C@@H]1[C@@H]2CC[C@]3(O2)[C@H](c2ccccc2CO)NC(=O)[C@@H]13. The molecule has 4 rings (SSSR count). The monoisotopic (exact) mass is 273 g/mol. The van der Waals surface area contributed by atoms with Gasteiger partial charge in [-0.05, 0) is 29.9 Å². The molecule has 1 amide bonds. The number of amides is 1. The van der Waals surface area contributed by atoms with Crippen molar-refractivity contribution in [3.8, 4) is 0 Å². The van der Waals surface area contributed by atoms with Gasteiger partial charge in [0.05, 0.1) is 24.7 Å². The number of fused-ring (bicyclic) bond motifs is 1. The van der Waals surface area contributed by atoms with E-state index in [9.17, 15) is 9.90 Å². The minimum atomic E-state index is -0.396. The number of ether oxygens (including phenoxy) is 1. The van der Waals surface area contributed by atoms with Gasteiger partial charge in [0.1, 0.15) is 5.60 Å². The van der Waals surface area contributed by atoms with Crippen molar-refractivity contribution >= 4 is 5.91 Å². The van der Waals surface area contributed by atoms with E-state index >= 15 is 0 Å². The number of aliphatic hydroxyl groups excluding tert-OH is 1. The van der Waals surface area contributed by atoms with Crippen LogP contribution in [0, 0.1) is 11.8 Å². The summed E-state index contributed by atoms with van der Waals surface area (Å²) in [5.41, 5.74) is 1.48. The fraction of sp³-hybridized carbons (Fsp3) is 0.562. The van der Waals surface area contributed by atoms with E-state index in [0.717, 1.165) is 24.0 Å². The lowest BCUT2D eigenvalue weighted by molar-refractivity contribution is -0.124. The molecule has 3 aliphatic rings. The number of hydrogen-bond acceptors (Lipinski definition) is 3. The van der Waals surface area contributed by atoms with E-state index in [1.54, 1.807) is 0 Å². The van der Waals surface area contributed by atoms with E-state index < -0.39 is 5.60 Å². The van der Waals surface area contributed by atoms with E-state index in [-0.39, 0.29) is 36.5 Å². The van der Waals surface area contributed by atoms with Crippen LogP contribution >= 0.6 is 0 Å². The Morgan fingerprint density at radius 2 is 2.25 bits per heavy atom. The first-order valence-corrected chi connectivity index (χ1v) is 7.34. The predicted octanol–water partition coefficient (Wildman–Crippen LogP) is 1.53. The second-order valence-electron chi connectivity index (χ2n) is 6.29. The summed E-state index contributed by atoms with van der Waals surface area (Å²) in [4.78, 5) is 12.4. The lowest BCUT2D eigenvalue weighted by Crippen LogP contribution is -2.39. The van der Waals surface area contributed by atoms with Crippen molar-refractivity contribution in [1.29, 1.82) is 0 Å². The molecule has 3 heterocycles. The Hall–Kier alpha value is -1.39. The number of hydrogen-bond donors (Lipinski definition) is 2. The highest BCUT2D eigenvalue weighted by molar-refractivity contribution is 5.85. The molecule has 1 spiro atoms. The van der Waals surface area contributed by atoms with Crippen LogP contribution in [0.1, 0.15) is 36.9 Å². The van der Waals surface area contributed by atoms with Crippen LogP contribution in [0.3, 0.4) is 0 Å². The summed E-state index contributed by atoms with van der Waals surface area (Å²) < 4.78 is 6.27. The van der Waals surface area contributed by atoms with Crippen molar-refractivity contribution in [2.45, 2.75) is 44.1 Å². The summed E-state index contributed by atoms with van der Waals surface area (Å²) in [6.07, 6.45) is 2.18. The third-order valence-corrected chi connectivity index (χ3v) is 5.42. The summed E-state index contributed by atoms with van der Waals surface area (Å²) in [7, 11) is 0. The smallest absolute Gasteiger partial charge is 0.227 e. The average Bonchev–Trinajstić information content (AvgIpc) is 3.10. The van der Waals surface area contributed by atoms with Gasteiger partial charge in [-0.2, -0.15) is 0 Å². The molecule has 106 valence electrons. The van der Waals surface area contributed by atoms with E-state index in [4.69, 9.17) is 4.74 Å². The second kappa shape index (κ2) is 4.06. The molecular formula is C16H19NO3. The molecule has 4 heteroatoms. The molecule has 0 radical (unpaired) electrons. The van der Waals surface area contributed by atoms with Gasteiger partial charge in [0.15, 0.2) is 0 Å². The zero-order valence-electron chi connectivity index (χ0n) is 11.5. The minimum Gasteiger partial charge on any atom is -0.392 e. The maximum atomic E-state index is 12.4. The van der Waals surface area contributed by atoms with Crippen LogP contribution in [0.4, 0.5) is 0 Å². The van der Waals surface area contributed by atoms with Gasteiger partial charge in [0.2, 0.25) is 5.91 Å². The van der Waals surface area contributed by atoms with Crippen LogP contribution in [0.2, 0.25) is 0 Å². The van der Waals surface area contributed by atoms with Crippen molar-refractivity contribution in [2.24, 2.45) is 11.8 Å². The zero-order valence-corrected chi connectivity index (χ0v) is 11.5. The predicted molar refractivity (Wildman–Crippen MR) is 72.7 cm³/mol. The topological polar surface area (TPSA) is 58.6 Å². The van der Waals surface area contributed by atoms with Gasteiger partial charge in [-0.3, -0.25) is 4.79 Å². The van der Waals surface area contributed by atoms with Crippen molar-refractivity contribution in [2.75, 3.05) is 0 Å². The Morgan fingerprint density at radius 3 is 3.05 bits per heavy atom. The molecule has 3 fully saturated rings. The van der Waals surface area contributed by atoms with Crippen LogP contribution in [-0.4, -0.2) is 22.7 Å². The molecule has 0 unspecified atom stereocenters. The first kappa shape index (κ1) is 12.4. The molecule has 5 atom stereocenters. The van der Waals surface area contributed by atoms with E-state index in [1.165, 1.54) is 0 Å². The average molecular weight is 273 g/mol. The lowest BCUT2D eigenvalue weighted by Gasteiger charge is -2.32. The van der Waals surface area contributed by atoms with Gasteiger partial charge in [-0.25, -0.2) is 0 Å². The first-order chi connectivity index (χ1) is 9.67. The molecule has 3 saturated heterocycles. The molecule has 2 bridgehead atoms. The van der Waals surface area contributed by atoms with Crippen molar-refractivity contribution in [3.05, 3.63) is 35.4 Å². The Morgan fingerprint density at radius 1 is 1.45 bits per heavy atom. The van der Waals surface area contributed by atoms with Gasteiger partial charge < -0.3 is 15.2 Å². The molecule has 4 nitrogen and oxygen atoms in total. The molecule has 20 heavy (non-hydrogen) atoms. The lowest BCUT2D eigenvalue weighted by atomic mass is 9.70. The normalized spacial score (nSPS) is 41.8. The number of nitrogens with one attached hydrogen (secondary N) is 1. The maximum Gasteiger partial charge on any atom is 0.227 e. The largest absolute Gasteiger partial charge is 0.392 e. The van der Waals surface area contributed by atoms with E-state index in [2.05, 4.69) is 12.2 Å². The minimum absolute atomic E-state index is 0.0116. The third-order valence-electron chi connectivity index (χ3n) is 5.42.